The molecular formula is C30H37Cl2FN6O4. The standard InChI is InChI=1S/C30H37Cl2FN6O4/c1-16(31)35-14-9-19(33)22-23(26(41)36-17-5-7-20(43-15-17)25(40)34-4)39-29(12-10-28(2,3)11-13-29)30(22)18-6-8-21(32)37-24(18)38-27(30)42/h6,8-9,14,17,20,22-23,39H,1,5,7,10-13,15H2,2-4H3,(H,34,40)(H,36,41)(H,37,38,42)/b19-9-,35-14-/t17-,20+,22+,23-,30-/m1/s1. The fourth-order valence-electron chi connectivity index (χ4n) is 7.30. The molecule has 2 saturated heterocycles. The molecule has 1 aliphatic carbocycles. The lowest BCUT2D eigenvalue weighted by Crippen LogP contribution is -2.62. The number of anilines is 1. The van der Waals surface area contributed by atoms with E-state index in [0.29, 0.717) is 31.2 Å². The first-order valence-corrected chi connectivity index (χ1v) is 15.2. The van der Waals surface area contributed by atoms with Gasteiger partial charge in [0.2, 0.25) is 17.7 Å². The number of halogens is 3. The van der Waals surface area contributed by atoms with E-state index < -0.39 is 52.7 Å². The summed E-state index contributed by atoms with van der Waals surface area (Å²) >= 11 is 12.0. The smallest absolute Gasteiger partial charge is 0.248 e. The highest BCUT2D eigenvalue weighted by Crippen LogP contribution is 2.62. The van der Waals surface area contributed by atoms with Crippen molar-refractivity contribution in [3.05, 3.63) is 46.5 Å². The third-order valence-corrected chi connectivity index (χ3v) is 9.82. The number of carbonyl (C=O) groups excluding carboxylic acids is 3. The zero-order chi connectivity index (χ0) is 31.2. The Balaban J connectivity index is 1.58. The van der Waals surface area contributed by atoms with Crippen LogP contribution in [-0.4, -0.2) is 66.3 Å². The van der Waals surface area contributed by atoms with Crippen molar-refractivity contribution in [3.63, 3.8) is 0 Å². The van der Waals surface area contributed by atoms with Crippen molar-refractivity contribution < 1.29 is 23.5 Å². The monoisotopic (exact) mass is 634 g/mol. The van der Waals surface area contributed by atoms with Crippen molar-refractivity contribution in [1.29, 1.82) is 0 Å². The molecule has 4 heterocycles. The molecule has 3 amide bonds. The maximum Gasteiger partial charge on any atom is 0.248 e. The molecule has 2 spiro atoms. The molecule has 4 N–H and O–H groups in total. The van der Waals surface area contributed by atoms with Crippen LogP contribution in [0.3, 0.4) is 0 Å². The van der Waals surface area contributed by atoms with Gasteiger partial charge in [-0.3, -0.25) is 19.7 Å². The number of rotatable bonds is 6. The molecule has 1 aromatic heterocycles. The highest BCUT2D eigenvalue weighted by molar-refractivity contribution is 6.30. The molecule has 0 unspecified atom stereocenters. The fraction of sp³-hybridized carbons (Fsp3) is 0.567. The van der Waals surface area contributed by atoms with E-state index in [1.54, 1.807) is 19.2 Å². The molecule has 4 aliphatic rings. The molecule has 1 aromatic rings. The molecular weight excluding hydrogens is 598 g/mol. The summed E-state index contributed by atoms with van der Waals surface area (Å²) in [4.78, 5) is 48.6. The number of aliphatic imine (C=N–C) groups is 1. The first-order chi connectivity index (χ1) is 20.3. The van der Waals surface area contributed by atoms with Crippen molar-refractivity contribution in [2.45, 2.75) is 81.5 Å². The van der Waals surface area contributed by atoms with Gasteiger partial charge in [-0.1, -0.05) is 49.7 Å². The van der Waals surface area contributed by atoms with Crippen molar-refractivity contribution in [2.24, 2.45) is 16.3 Å². The molecule has 3 aliphatic heterocycles. The Labute approximate surface area is 260 Å². The first-order valence-electron chi connectivity index (χ1n) is 14.5. The normalized spacial score (nSPS) is 31.2. The van der Waals surface area contributed by atoms with Crippen molar-refractivity contribution in [2.75, 3.05) is 19.0 Å². The zero-order valence-corrected chi connectivity index (χ0v) is 25.9. The van der Waals surface area contributed by atoms with Gasteiger partial charge in [-0.25, -0.2) is 14.4 Å². The summed E-state index contributed by atoms with van der Waals surface area (Å²) < 4.78 is 22.3. The highest BCUT2D eigenvalue weighted by atomic mass is 35.5. The van der Waals surface area contributed by atoms with Crippen molar-refractivity contribution in [1.82, 2.24) is 20.9 Å². The van der Waals surface area contributed by atoms with E-state index in [4.69, 9.17) is 27.9 Å². The summed E-state index contributed by atoms with van der Waals surface area (Å²) in [5.74, 6) is -2.85. The van der Waals surface area contributed by atoms with Crippen LogP contribution in [-0.2, 0) is 24.5 Å². The number of fused-ring (bicyclic) bond motifs is 3. The van der Waals surface area contributed by atoms with Gasteiger partial charge in [0.1, 0.15) is 33.5 Å². The number of allylic oxidation sites excluding steroid dienone is 1. The van der Waals surface area contributed by atoms with Crippen LogP contribution >= 0.6 is 23.2 Å². The molecule has 5 rings (SSSR count). The van der Waals surface area contributed by atoms with Gasteiger partial charge in [-0.05, 0) is 56.1 Å². The number of pyridine rings is 1. The first kappa shape index (κ1) is 31.6. The summed E-state index contributed by atoms with van der Waals surface area (Å²) in [6.07, 6.45) is 5.17. The highest BCUT2D eigenvalue weighted by Gasteiger charge is 2.73. The van der Waals surface area contributed by atoms with Crippen LogP contribution in [0.1, 0.15) is 57.9 Å². The Morgan fingerprint density at radius 2 is 1.93 bits per heavy atom. The second-order valence-corrected chi connectivity index (χ2v) is 13.4. The average Bonchev–Trinajstić information content (AvgIpc) is 3.42. The summed E-state index contributed by atoms with van der Waals surface area (Å²) in [5.41, 5.74) is -1.99. The van der Waals surface area contributed by atoms with Gasteiger partial charge in [0.25, 0.3) is 0 Å². The van der Waals surface area contributed by atoms with Gasteiger partial charge in [0.05, 0.1) is 24.6 Å². The number of nitrogens with one attached hydrogen (secondary N) is 4. The number of aromatic nitrogens is 1. The van der Waals surface area contributed by atoms with Gasteiger partial charge in [0, 0.05) is 24.4 Å². The van der Waals surface area contributed by atoms with E-state index >= 15 is 4.39 Å². The molecule has 43 heavy (non-hydrogen) atoms. The van der Waals surface area contributed by atoms with Gasteiger partial charge >= 0.3 is 0 Å². The van der Waals surface area contributed by atoms with Crippen LogP contribution in [0.15, 0.2) is 40.8 Å². The maximum atomic E-state index is 16.6. The molecule has 0 radical (unpaired) electrons. The number of amides is 3. The number of hydrogen-bond donors (Lipinski definition) is 4. The number of hydrogen-bond acceptors (Lipinski definition) is 7. The van der Waals surface area contributed by atoms with Crippen molar-refractivity contribution >= 4 is 53.0 Å². The Morgan fingerprint density at radius 1 is 1.21 bits per heavy atom. The van der Waals surface area contributed by atoms with Crippen LogP contribution in [0.4, 0.5) is 10.2 Å². The molecule has 5 atom stereocenters. The van der Waals surface area contributed by atoms with Crippen LogP contribution in [0, 0.1) is 11.3 Å². The van der Waals surface area contributed by atoms with E-state index in [1.165, 1.54) is 6.21 Å². The van der Waals surface area contributed by atoms with E-state index in [0.717, 1.165) is 18.9 Å². The average molecular weight is 636 g/mol. The number of likely N-dealkylation sites (N-methyl/N-ethyl adjacent to an activating group) is 1. The van der Waals surface area contributed by atoms with Gasteiger partial charge in [-0.15, -0.1) is 0 Å². The van der Waals surface area contributed by atoms with E-state index in [9.17, 15) is 14.4 Å². The third kappa shape index (κ3) is 5.61. The zero-order valence-electron chi connectivity index (χ0n) is 24.4. The molecule has 232 valence electrons. The van der Waals surface area contributed by atoms with Gasteiger partial charge < -0.3 is 20.7 Å². The van der Waals surface area contributed by atoms with E-state index in [-0.39, 0.29) is 34.1 Å². The number of ether oxygens (including phenoxy) is 1. The van der Waals surface area contributed by atoms with Crippen LogP contribution in [0.2, 0.25) is 5.15 Å². The topological polar surface area (TPSA) is 134 Å². The minimum atomic E-state index is -1.52. The predicted octanol–water partition coefficient (Wildman–Crippen LogP) is 3.90. The van der Waals surface area contributed by atoms with E-state index in [1.807, 2.05) is 0 Å². The van der Waals surface area contributed by atoms with Crippen LogP contribution in [0.5, 0.6) is 0 Å². The SMILES string of the molecule is C=C(Cl)/N=C\C=C(/F)[C@H]1[C@H](C(=O)N[C@@H]2CC[C@@H](C(=O)NC)OC2)NC2(CCC(C)(C)CC2)[C@@]12C(=O)Nc1nc(Cl)ccc12. The Hall–Kier alpha value is -2.86. The Bertz CT molecular complexity index is 1380. The van der Waals surface area contributed by atoms with Crippen LogP contribution < -0.4 is 21.3 Å². The Morgan fingerprint density at radius 3 is 2.56 bits per heavy atom. The van der Waals surface area contributed by atoms with Crippen molar-refractivity contribution in [3.8, 4) is 0 Å². The molecule has 13 heteroatoms. The lowest BCUT2D eigenvalue weighted by Gasteiger charge is -2.50. The second kappa shape index (κ2) is 11.9. The van der Waals surface area contributed by atoms with Gasteiger partial charge in [0.15, 0.2) is 0 Å². The quantitative estimate of drug-likeness (QED) is 0.213. The molecule has 0 aromatic carbocycles. The maximum absolute atomic E-state index is 16.6. The third-order valence-electron chi connectivity index (χ3n) is 9.51. The van der Waals surface area contributed by atoms with Crippen LogP contribution in [0.25, 0.3) is 0 Å². The second-order valence-electron chi connectivity index (χ2n) is 12.6. The molecule has 10 nitrogen and oxygen atoms in total. The lowest BCUT2D eigenvalue weighted by atomic mass is 9.54. The lowest BCUT2D eigenvalue weighted by molar-refractivity contribution is -0.137. The largest absolute Gasteiger partial charge is 0.366 e. The van der Waals surface area contributed by atoms with Gasteiger partial charge in [-0.2, -0.15) is 0 Å². The summed E-state index contributed by atoms with van der Waals surface area (Å²) in [6.45, 7) is 7.95. The Kier molecular flexibility index (Phi) is 8.74. The molecule has 3 fully saturated rings. The van der Waals surface area contributed by atoms with E-state index in [2.05, 4.69) is 51.7 Å². The number of carbonyl (C=O) groups is 3. The minimum absolute atomic E-state index is 0.00261. The number of nitrogens with zero attached hydrogens (tertiary/aromatic N) is 2. The minimum Gasteiger partial charge on any atom is -0.366 e. The summed E-state index contributed by atoms with van der Waals surface area (Å²) in [5, 5.41) is 12.1. The summed E-state index contributed by atoms with van der Waals surface area (Å²) in [6, 6.07) is 1.76. The fourth-order valence-corrected chi connectivity index (χ4v) is 7.50. The molecule has 1 saturated carbocycles. The molecule has 0 bridgehead atoms. The predicted molar refractivity (Wildman–Crippen MR) is 163 cm³/mol. The summed E-state index contributed by atoms with van der Waals surface area (Å²) in [7, 11) is 1.54.